The van der Waals surface area contributed by atoms with Crippen LogP contribution in [0.5, 0.6) is 0 Å². The van der Waals surface area contributed by atoms with Crippen LogP contribution >= 0.6 is 0 Å². The van der Waals surface area contributed by atoms with E-state index in [4.69, 9.17) is 0 Å². The van der Waals surface area contributed by atoms with Gasteiger partial charge in [0.15, 0.2) is 0 Å². The van der Waals surface area contributed by atoms with Crippen molar-refractivity contribution in [2.75, 3.05) is 5.32 Å². The Bertz CT molecular complexity index is 514. The van der Waals surface area contributed by atoms with Gasteiger partial charge < -0.3 is 5.32 Å². The number of nitrogens with one attached hydrogen (secondary N) is 1. The summed E-state index contributed by atoms with van der Waals surface area (Å²) in [6.45, 7) is 5.94. The SMILES string of the molecule is CCCC/C=C\c1ccc(/C=C\CCCC)c(NC(C)=O)c1. The number of amides is 1. The molecule has 1 rings (SSSR count). The van der Waals surface area contributed by atoms with Crippen LogP contribution in [0.3, 0.4) is 0 Å². The van der Waals surface area contributed by atoms with Gasteiger partial charge in [0, 0.05) is 12.6 Å². The predicted molar refractivity (Wildman–Crippen MR) is 97.9 cm³/mol. The molecule has 1 aromatic carbocycles. The van der Waals surface area contributed by atoms with E-state index in [1.165, 1.54) is 25.7 Å². The lowest BCUT2D eigenvalue weighted by Crippen LogP contribution is -2.07. The van der Waals surface area contributed by atoms with E-state index in [0.717, 1.165) is 29.7 Å². The quantitative estimate of drug-likeness (QED) is 0.552. The summed E-state index contributed by atoms with van der Waals surface area (Å²) < 4.78 is 0. The number of carbonyl (C=O) groups excluding carboxylic acids is 1. The molecule has 0 radical (unpaired) electrons. The smallest absolute Gasteiger partial charge is 0.221 e. The van der Waals surface area contributed by atoms with E-state index in [9.17, 15) is 4.79 Å². The van der Waals surface area contributed by atoms with Crippen LogP contribution in [0.15, 0.2) is 30.4 Å². The van der Waals surface area contributed by atoms with Crippen molar-refractivity contribution in [1.82, 2.24) is 0 Å². The second-order valence-electron chi connectivity index (χ2n) is 5.62. The van der Waals surface area contributed by atoms with Gasteiger partial charge in [0.05, 0.1) is 0 Å². The zero-order valence-electron chi connectivity index (χ0n) is 14.2. The highest BCUT2D eigenvalue weighted by Gasteiger charge is 2.02. The van der Waals surface area contributed by atoms with Crippen molar-refractivity contribution in [1.29, 1.82) is 0 Å². The molecular weight excluding hydrogens is 270 g/mol. The molecule has 0 aliphatic heterocycles. The van der Waals surface area contributed by atoms with Crippen molar-refractivity contribution in [2.45, 2.75) is 59.3 Å². The number of allylic oxidation sites excluding steroid dienone is 2. The summed E-state index contributed by atoms with van der Waals surface area (Å²) in [5.41, 5.74) is 3.08. The number of hydrogen-bond donors (Lipinski definition) is 1. The largest absolute Gasteiger partial charge is 0.326 e. The lowest BCUT2D eigenvalue weighted by Gasteiger charge is -2.08. The molecule has 1 amide bonds. The maximum absolute atomic E-state index is 11.4. The highest BCUT2D eigenvalue weighted by molar-refractivity contribution is 5.91. The first kappa shape index (κ1) is 18.2. The Labute approximate surface area is 135 Å². The van der Waals surface area contributed by atoms with Crippen LogP contribution in [0.4, 0.5) is 5.69 Å². The van der Waals surface area contributed by atoms with Gasteiger partial charge in [-0.25, -0.2) is 0 Å². The first-order valence-electron chi connectivity index (χ1n) is 8.42. The summed E-state index contributed by atoms with van der Waals surface area (Å²) in [6.07, 6.45) is 15.6. The van der Waals surface area contributed by atoms with E-state index in [2.05, 4.69) is 55.6 Å². The lowest BCUT2D eigenvalue weighted by atomic mass is 10.1. The number of rotatable bonds is 9. The predicted octanol–water partition coefficient (Wildman–Crippen LogP) is 6.05. The van der Waals surface area contributed by atoms with E-state index in [1.54, 1.807) is 6.92 Å². The van der Waals surface area contributed by atoms with Gasteiger partial charge in [0.25, 0.3) is 0 Å². The Hall–Kier alpha value is -1.83. The van der Waals surface area contributed by atoms with Crippen LogP contribution in [0, 0.1) is 0 Å². The van der Waals surface area contributed by atoms with Crippen molar-refractivity contribution in [3.8, 4) is 0 Å². The molecule has 1 aromatic rings. The van der Waals surface area contributed by atoms with Crippen molar-refractivity contribution >= 4 is 23.7 Å². The maximum atomic E-state index is 11.4. The molecule has 0 saturated carbocycles. The monoisotopic (exact) mass is 299 g/mol. The Morgan fingerprint density at radius 3 is 2.27 bits per heavy atom. The van der Waals surface area contributed by atoms with E-state index in [0.29, 0.717) is 0 Å². The highest BCUT2D eigenvalue weighted by Crippen LogP contribution is 2.21. The zero-order chi connectivity index (χ0) is 16.2. The number of carbonyl (C=O) groups is 1. The fourth-order valence-corrected chi connectivity index (χ4v) is 2.19. The van der Waals surface area contributed by atoms with Gasteiger partial charge >= 0.3 is 0 Å². The molecule has 0 fully saturated rings. The van der Waals surface area contributed by atoms with Gasteiger partial charge in [-0.3, -0.25) is 4.79 Å². The second-order valence-corrected chi connectivity index (χ2v) is 5.62. The molecule has 0 heterocycles. The highest BCUT2D eigenvalue weighted by atomic mass is 16.1. The molecule has 0 atom stereocenters. The van der Waals surface area contributed by atoms with Crippen LogP contribution in [0.2, 0.25) is 0 Å². The van der Waals surface area contributed by atoms with Gasteiger partial charge in [-0.05, 0) is 30.0 Å². The molecule has 1 N–H and O–H groups in total. The Balaban J connectivity index is 2.85. The summed E-state index contributed by atoms with van der Waals surface area (Å²) in [4.78, 5) is 11.4. The van der Waals surface area contributed by atoms with Gasteiger partial charge in [0.2, 0.25) is 5.91 Å². The first-order valence-corrected chi connectivity index (χ1v) is 8.42. The minimum absolute atomic E-state index is 0.0321. The third-order valence-corrected chi connectivity index (χ3v) is 3.44. The average Bonchev–Trinajstić information content (AvgIpc) is 2.49. The molecule has 0 spiro atoms. The van der Waals surface area contributed by atoms with Crippen molar-refractivity contribution < 1.29 is 4.79 Å². The summed E-state index contributed by atoms with van der Waals surface area (Å²) in [5.74, 6) is -0.0321. The van der Waals surface area contributed by atoms with Crippen molar-refractivity contribution in [2.24, 2.45) is 0 Å². The fraction of sp³-hybridized carbons (Fsp3) is 0.450. The summed E-state index contributed by atoms with van der Waals surface area (Å²) in [6, 6.07) is 6.23. The number of benzene rings is 1. The first-order chi connectivity index (χ1) is 10.7. The molecule has 0 aromatic heterocycles. The van der Waals surface area contributed by atoms with E-state index >= 15 is 0 Å². The average molecular weight is 299 g/mol. The normalized spacial score (nSPS) is 11.4. The third kappa shape index (κ3) is 7.26. The minimum Gasteiger partial charge on any atom is -0.326 e. The van der Waals surface area contributed by atoms with Crippen LogP contribution < -0.4 is 5.32 Å². The molecule has 2 heteroatoms. The molecule has 22 heavy (non-hydrogen) atoms. The van der Waals surface area contributed by atoms with Gasteiger partial charge in [-0.2, -0.15) is 0 Å². The van der Waals surface area contributed by atoms with Crippen LogP contribution in [-0.4, -0.2) is 5.91 Å². The van der Waals surface area contributed by atoms with Crippen LogP contribution in [0.1, 0.15) is 70.4 Å². The second kappa shape index (κ2) is 10.8. The maximum Gasteiger partial charge on any atom is 0.221 e. The third-order valence-electron chi connectivity index (χ3n) is 3.44. The number of unbranched alkanes of at least 4 members (excludes halogenated alkanes) is 4. The minimum atomic E-state index is -0.0321. The van der Waals surface area contributed by atoms with Crippen molar-refractivity contribution in [3.05, 3.63) is 41.5 Å². The molecule has 0 saturated heterocycles. The zero-order valence-corrected chi connectivity index (χ0v) is 14.2. The fourth-order valence-electron chi connectivity index (χ4n) is 2.19. The molecule has 0 unspecified atom stereocenters. The molecule has 2 nitrogen and oxygen atoms in total. The Morgan fingerprint density at radius 1 is 1.05 bits per heavy atom. The summed E-state index contributed by atoms with van der Waals surface area (Å²) >= 11 is 0. The van der Waals surface area contributed by atoms with Crippen LogP contribution in [0.25, 0.3) is 12.2 Å². The molecule has 0 aliphatic carbocycles. The topological polar surface area (TPSA) is 29.1 Å². The van der Waals surface area contributed by atoms with Gasteiger partial charge in [-0.1, -0.05) is 76.0 Å². The van der Waals surface area contributed by atoms with Crippen LogP contribution in [-0.2, 0) is 4.79 Å². The number of hydrogen-bond acceptors (Lipinski definition) is 1. The molecule has 0 aliphatic rings. The van der Waals surface area contributed by atoms with Gasteiger partial charge in [-0.15, -0.1) is 0 Å². The van der Waals surface area contributed by atoms with Crippen molar-refractivity contribution in [3.63, 3.8) is 0 Å². The number of anilines is 1. The molecule has 120 valence electrons. The lowest BCUT2D eigenvalue weighted by molar-refractivity contribution is -0.114. The standard InChI is InChI=1S/C20H29NO/c1-4-6-8-10-12-18-14-15-19(13-11-9-7-5-2)20(16-18)21-17(3)22/h10-16H,4-9H2,1-3H3,(H,21,22)/b12-10-,13-11-. The van der Waals surface area contributed by atoms with E-state index in [-0.39, 0.29) is 5.91 Å². The summed E-state index contributed by atoms with van der Waals surface area (Å²) in [7, 11) is 0. The molecular formula is C20H29NO. The van der Waals surface area contributed by atoms with E-state index in [1.807, 2.05) is 6.07 Å². The summed E-state index contributed by atoms with van der Waals surface area (Å²) in [5, 5.41) is 2.93. The Kier molecular flexibility index (Phi) is 8.97. The van der Waals surface area contributed by atoms with Gasteiger partial charge in [0.1, 0.15) is 0 Å². The Morgan fingerprint density at radius 2 is 1.68 bits per heavy atom. The molecule has 0 bridgehead atoms. The van der Waals surface area contributed by atoms with E-state index < -0.39 is 0 Å².